The first kappa shape index (κ1) is 12.6. The van der Waals surface area contributed by atoms with E-state index in [1.54, 1.807) is 12.1 Å². The van der Waals surface area contributed by atoms with Crippen molar-refractivity contribution in [1.82, 2.24) is 0 Å². The van der Waals surface area contributed by atoms with Gasteiger partial charge in [-0.05, 0) is 46.6 Å². The van der Waals surface area contributed by atoms with Crippen LogP contribution in [0.2, 0.25) is 0 Å². The minimum absolute atomic E-state index is 0.191. The number of amides is 1. The summed E-state index contributed by atoms with van der Waals surface area (Å²) < 4.78 is 21.5. The van der Waals surface area contributed by atoms with Crippen LogP contribution in [0.15, 0.2) is 23.3 Å². The van der Waals surface area contributed by atoms with Gasteiger partial charge >= 0.3 is 0 Å². The zero-order chi connectivity index (χ0) is 13.1. The Hall–Kier alpha value is -1.85. The molecule has 1 fully saturated rings. The third-order valence-corrected chi connectivity index (χ3v) is 3.45. The maximum Gasteiger partial charge on any atom is 0.249 e. The molecule has 1 aromatic rings. The summed E-state index contributed by atoms with van der Waals surface area (Å²) in [5.41, 5.74) is 9.85. The van der Waals surface area contributed by atoms with Gasteiger partial charge in [0.15, 0.2) is 0 Å². The van der Waals surface area contributed by atoms with Crippen molar-refractivity contribution in [3.63, 3.8) is 0 Å². The van der Waals surface area contributed by atoms with Gasteiger partial charge in [-0.3, -0.25) is 4.79 Å². The Kier molecular flexibility index (Phi) is 3.64. The summed E-state index contributed by atoms with van der Waals surface area (Å²) in [4.78, 5) is 14.1. The molecule has 1 aliphatic rings. The first-order chi connectivity index (χ1) is 8.61. The monoisotopic (exact) mass is 265 g/mol. The second-order valence-corrected chi connectivity index (χ2v) is 5.16. The summed E-state index contributed by atoms with van der Waals surface area (Å²) in [5, 5.41) is 3.03. The molecule has 94 valence electrons. The van der Waals surface area contributed by atoms with Crippen LogP contribution < -0.4 is 0 Å². The molecule has 0 spiro atoms. The number of azide groups is 1. The Bertz CT molecular complexity index is 606. The summed E-state index contributed by atoms with van der Waals surface area (Å²) in [6, 6.07) is 5.10. The van der Waals surface area contributed by atoms with E-state index in [2.05, 4.69) is 10.0 Å². The van der Waals surface area contributed by atoms with Gasteiger partial charge in [0, 0.05) is 10.5 Å². The second-order valence-electron chi connectivity index (χ2n) is 4.18. The molecule has 1 amide bonds. The summed E-state index contributed by atoms with van der Waals surface area (Å²) in [6.45, 7) is 0. The molecule has 2 rings (SSSR count). The molecule has 7 heteroatoms. The van der Waals surface area contributed by atoms with E-state index in [9.17, 15) is 13.2 Å². The SMILES string of the molecule is [N-]=[N+]=NC(=O)c1cc(C2CC2)ccc1C[SH](=O)=O. The van der Waals surface area contributed by atoms with Crippen LogP contribution in [0.1, 0.15) is 40.2 Å². The van der Waals surface area contributed by atoms with Crippen LogP contribution in [-0.2, 0) is 16.5 Å². The fourth-order valence-corrected chi connectivity index (χ4v) is 2.39. The largest absolute Gasteiger partial charge is 0.287 e. The zero-order valence-electron chi connectivity index (χ0n) is 9.44. The Morgan fingerprint density at radius 2 is 2.17 bits per heavy atom. The van der Waals surface area contributed by atoms with Crippen LogP contribution in [0.3, 0.4) is 0 Å². The van der Waals surface area contributed by atoms with Crippen molar-refractivity contribution in [1.29, 1.82) is 0 Å². The van der Waals surface area contributed by atoms with Crippen LogP contribution in [0, 0.1) is 0 Å². The zero-order valence-corrected chi connectivity index (χ0v) is 10.3. The normalized spacial score (nSPS) is 14.3. The molecule has 6 nitrogen and oxygen atoms in total. The molecule has 18 heavy (non-hydrogen) atoms. The molecule has 1 aliphatic carbocycles. The molecule has 0 bridgehead atoms. The van der Waals surface area contributed by atoms with E-state index >= 15 is 0 Å². The third-order valence-electron chi connectivity index (χ3n) is 2.85. The van der Waals surface area contributed by atoms with Crippen molar-refractivity contribution in [3.05, 3.63) is 45.3 Å². The van der Waals surface area contributed by atoms with Gasteiger partial charge in [0.05, 0.1) is 5.75 Å². The molecule has 0 unspecified atom stereocenters. The lowest BCUT2D eigenvalue weighted by molar-refractivity contribution is 0.0999. The topological polar surface area (TPSA) is 100.0 Å². The molecular weight excluding hydrogens is 254 g/mol. The van der Waals surface area contributed by atoms with Crippen molar-refractivity contribution < 1.29 is 13.2 Å². The van der Waals surface area contributed by atoms with Crippen molar-refractivity contribution in [2.75, 3.05) is 0 Å². The minimum Gasteiger partial charge on any atom is -0.287 e. The fourth-order valence-electron chi connectivity index (χ4n) is 1.84. The molecule has 0 N–H and O–H groups in total. The minimum atomic E-state index is -2.62. The van der Waals surface area contributed by atoms with Crippen molar-refractivity contribution >= 4 is 16.6 Å². The molecule has 1 aromatic carbocycles. The van der Waals surface area contributed by atoms with E-state index in [1.165, 1.54) is 0 Å². The Morgan fingerprint density at radius 1 is 1.44 bits per heavy atom. The van der Waals surface area contributed by atoms with Gasteiger partial charge in [-0.25, -0.2) is 8.42 Å². The molecule has 0 radical (unpaired) electrons. The van der Waals surface area contributed by atoms with Crippen LogP contribution in [0.25, 0.3) is 10.4 Å². The van der Waals surface area contributed by atoms with Gasteiger partial charge in [-0.1, -0.05) is 12.1 Å². The van der Waals surface area contributed by atoms with Crippen LogP contribution >= 0.6 is 0 Å². The average molecular weight is 265 g/mol. The fraction of sp³-hybridized carbons (Fsp3) is 0.364. The van der Waals surface area contributed by atoms with Crippen molar-refractivity contribution in [3.8, 4) is 0 Å². The average Bonchev–Trinajstić information content (AvgIpc) is 3.13. The number of rotatable bonds is 4. The van der Waals surface area contributed by atoms with Crippen LogP contribution in [0.5, 0.6) is 0 Å². The summed E-state index contributed by atoms with van der Waals surface area (Å²) in [5.74, 6) is -0.507. The maximum atomic E-state index is 11.6. The summed E-state index contributed by atoms with van der Waals surface area (Å²) >= 11 is 0. The first-order valence-corrected chi connectivity index (χ1v) is 6.82. The van der Waals surface area contributed by atoms with Gasteiger partial charge in [-0.2, -0.15) is 0 Å². The van der Waals surface area contributed by atoms with E-state index in [1.807, 2.05) is 6.07 Å². The highest BCUT2D eigenvalue weighted by Gasteiger charge is 2.25. The van der Waals surface area contributed by atoms with Gasteiger partial charge in [0.25, 0.3) is 0 Å². The van der Waals surface area contributed by atoms with E-state index < -0.39 is 16.6 Å². The van der Waals surface area contributed by atoms with Gasteiger partial charge in [-0.15, -0.1) is 0 Å². The van der Waals surface area contributed by atoms with Crippen molar-refractivity contribution in [2.45, 2.75) is 24.5 Å². The smallest absolute Gasteiger partial charge is 0.249 e. The number of carbonyl (C=O) groups is 1. The Morgan fingerprint density at radius 3 is 2.72 bits per heavy atom. The standard InChI is InChI=1S/C11H11N3O3S/c12-14-13-11(15)10-5-8(7-1-2-7)3-4-9(10)6-18(16)17/h3-5,7,18H,1-2,6H2. The summed E-state index contributed by atoms with van der Waals surface area (Å²) in [7, 11) is -2.62. The van der Waals surface area contributed by atoms with E-state index in [4.69, 9.17) is 5.53 Å². The van der Waals surface area contributed by atoms with Crippen molar-refractivity contribution in [2.24, 2.45) is 5.11 Å². The number of nitrogens with zero attached hydrogens (tertiary/aromatic N) is 3. The lowest BCUT2D eigenvalue weighted by Crippen LogP contribution is -2.02. The Balaban J connectivity index is 2.44. The van der Waals surface area contributed by atoms with E-state index in [0.29, 0.717) is 11.5 Å². The van der Waals surface area contributed by atoms with Gasteiger partial charge < -0.3 is 0 Å². The Labute approximate surface area is 105 Å². The molecule has 0 aliphatic heterocycles. The molecule has 1 saturated carbocycles. The van der Waals surface area contributed by atoms with Gasteiger partial charge in [0.1, 0.15) is 10.7 Å². The number of benzene rings is 1. The highest BCUT2D eigenvalue weighted by molar-refractivity contribution is 7.71. The number of hydrogen-bond donors (Lipinski definition) is 1. The van der Waals surface area contributed by atoms with Crippen LogP contribution in [-0.4, -0.2) is 14.3 Å². The molecule has 0 heterocycles. The highest BCUT2D eigenvalue weighted by Crippen LogP contribution is 2.40. The van der Waals surface area contributed by atoms with Gasteiger partial charge in [0.2, 0.25) is 5.91 Å². The lowest BCUT2D eigenvalue weighted by atomic mass is 10.0. The lowest BCUT2D eigenvalue weighted by Gasteiger charge is -2.06. The number of carbonyl (C=O) groups excluding carboxylic acids is 1. The predicted molar refractivity (Wildman–Crippen MR) is 65.9 cm³/mol. The third kappa shape index (κ3) is 2.88. The molecule has 0 saturated heterocycles. The quantitative estimate of drug-likeness (QED) is 0.390. The molecule has 0 aromatic heterocycles. The number of thiol groups is 1. The molecular formula is C11H11N3O3S. The van der Waals surface area contributed by atoms with E-state index in [-0.39, 0.29) is 11.3 Å². The maximum absolute atomic E-state index is 11.6. The van der Waals surface area contributed by atoms with Crippen LogP contribution in [0.4, 0.5) is 0 Å². The highest BCUT2D eigenvalue weighted by atomic mass is 32.2. The number of hydrogen-bond acceptors (Lipinski definition) is 3. The predicted octanol–water partition coefficient (Wildman–Crippen LogP) is 2.13. The first-order valence-electron chi connectivity index (χ1n) is 5.46. The molecule has 0 atom stereocenters. The second kappa shape index (κ2) is 5.20. The van der Waals surface area contributed by atoms with E-state index in [0.717, 1.165) is 18.4 Å². The summed E-state index contributed by atoms with van der Waals surface area (Å²) in [6.07, 6.45) is 2.15.